The molecule has 0 bridgehead atoms. The first-order valence-electron chi connectivity index (χ1n) is 7.80. The van der Waals surface area contributed by atoms with Crippen molar-refractivity contribution in [3.63, 3.8) is 0 Å². The molecular weight excluding hydrogens is 465 g/mol. The third-order valence-corrected chi connectivity index (χ3v) is 4.14. The minimum absolute atomic E-state index is 0.0913. The Bertz CT molecular complexity index is 919. The Hall–Kier alpha value is -2.54. The molecule has 1 aromatic carbocycles. The monoisotopic (exact) mass is 473 g/mol. The van der Waals surface area contributed by atoms with E-state index in [1.807, 2.05) is 0 Å². The third kappa shape index (κ3) is 3.49. The minimum atomic E-state index is -7.94. The van der Waals surface area contributed by atoms with E-state index in [0.717, 1.165) is 24.4 Å². The topological polar surface area (TPSA) is 12.9 Å². The first-order chi connectivity index (χ1) is 13.8. The highest BCUT2D eigenvalue weighted by molar-refractivity contribution is 5.65. The van der Waals surface area contributed by atoms with Crippen LogP contribution in [0.25, 0.3) is 11.3 Å². The number of aromatic nitrogens is 1. The molecule has 0 aliphatic rings. The van der Waals surface area contributed by atoms with Crippen LogP contribution in [0.15, 0.2) is 48.7 Å². The summed E-state index contributed by atoms with van der Waals surface area (Å²) >= 11 is 0. The maximum absolute atomic E-state index is 14.5. The van der Waals surface area contributed by atoms with Crippen molar-refractivity contribution in [2.75, 3.05) is 0 Å². The van der Waals surface area contributed by atoms with Gasteiger partial charge in [0.25, 0.3) is 0 Å². The van der Waals surface area contributed by atoms with Crippen molar-refractivity contribution in [3.8, 4) is 11.3 Å². The van der Waals surface area contributed by atoms with Crippen molar-refractivity contribution < 1.29 is 57.1 Å². The second-order valence-electron chi connectivity index (χ2n) is 6.13. The smallest absolute Gasteiger partial charge is 0.256 e. The van der Waals surface area contributed by atoms with Crippen LogP contribution in [0.2, 0.25) is 0 Å². The Morgan fingerprint density at radius 3 is 1.48 bits per heavy atom. The molecule has 172 valence electrons. The number of nitrogens with zero attached hydrogens (tertiary/aromatic N) is 1. The number of hydrogen-bond acceptors (Lipinski definition) is 1. The molecule has 14 heteroatoms. The van der Waals surface area contributed by atoms with Gasteiger partial charge in [-0.05, 0) is 12.1 Å². The van der Waals surface area contributed by atoms with Gasteiger partial charge < -0.3 is 0 Å². The first-order valence-corrected chi connectivity index (χ1v) is 7.80. The van der Waals surface area contributed by atoms with Crippen molar-refractivity contribution in [1.82, 2.24) is 4.98 Å². The van der Waals surface area contributed by atoms with Crippen LogP contribution in [-0.4, -0.2) is 34.9 Å². The van der Waals surface area contributed by atoms with Crippen molar-refractivity contribution in [1.29, 1.82) is 0 Å². The van der Waals surface area contributed by atoms with Gasteiger partial charge in [-0.2, -0.15) is 57.1 Å². The van der Waals surface area contributed by atoms with Gasteiger partial charge in [-0.3, -0.25) is 4.98 Å². The van der Waals surface area contributed by atoms with Crippen LogP contribution in [0.4, 0.5) is 57.1 Å². The molecule has 2 aromatic rings. The van der Waals surface area contributed by atoms with E-state index < -0.39 is 52.6 Å². The van der Waals surface area contributed by atoms with Gasteiger partial charge in [0.05, 0.1) is 5.69 Å². The van der Waals surface area contributed by atoms with Gasteiger partial charge in [0.2, 0.25) is 0 Å². The van der Waals surface area contributed by atoms with Gasteiger partial charge in [-0.15, -0.1) is 0 Å². The Kier molecular flexibility index (Phi) is 5.79. The average Bonchev–Trinajstić information content (AvgIpc) is 2.67. The Balaban J connectivity index is 2.69. The Morgan fingerprint density at radius 2 is 1.00 bits per heavy atom. The van der Waals surface area contributed by atoms with E-state index in [1.54, 1.807) is 0 Å². The number of hydrogen-bond donors (Lipinski definition) is 0. The molecule has 0 amide bonds. The molecule has 1 nitrogen and oxygen atoms in total. The largest absolute Gasteiger partial charge is 0.460 e. The summed E-state index contributed by atoms with van der Waals surface area (Å²) in [7, 11) is 0. The number of halogens is 13. The predicted molar refractivity (Wildman–Crippen MR) is 79.4 cm³/mol. The van der Waals surface area contributed by atoms with Crippen LogP contribution in [0, 0.1) is 0 Å². The summed E-state index contributed by atoms with van der Waals surface area (Å²) < 4.78 is 174. The summed E-state index contributed by atoms with van der Waals surface area (Å²) in [6, 6.07) is 5.64. The zero-order valence-electron chi connectivity index (χ0n) is 14.5. The molecule has 0 aliphatic heterocycles. The maximum atomic E-state index is 14.5. The normalized spacial score (nSPS) is 14.6. The Labute approximate surface area is 164 Å². The molecule has 0 unspecified atom stereocenters. The van der Waals surface area contributed by atoms with E-state index in [1.165, 1.54) is 6.07 Å². The minimum Gasteiger partial charge on any atom is -0.256 e. The predicted octanol–water partition coefficient (Wildman–Crippen LogP) is 6.94. The SMILES string of the molecule is FC(F)(F)C(F)(F)C(F)(F)C(F)(F)C(F)(F)C(F)(F)c1ccccc1-c1ccccn1. The van der Waals surface area contributed by atoms with E-state index in [0.29, 0.717) is 12.1 Å². The van der Waals surface area contributed by atoms with Crippen LogP contribution in [-0.2, 0) is 5.92 Å². The zero-order valence-corrected chi connectivity index (χ0v) is 14.5. The van der Waals surface area contributed by atoms with Crippen molar-refractivity contribution >= 4 is 0 Å². The lowest BCUT2D eigenvalue weighted by molar-refractivity contribution is -0.441. The Morgan fingerprint density at radius 1 is 0.516 bits per heavy atom. The molecular formula is C17H8F13N. The number of alkyl halides is 13. The first kappa shape index (κ1) is 24.7. The average molecular weight is 473 g/mol. The van der Waals surface area contributed by atoms with Crippen LogP contribution in [0.3, 0.4) is 0 Å². The summed E-state index contributed by atoms with van der Waals surface area (Å²) in [5, 5.41) is 0. The molecule has 0 fully saturated rings. The van der Waals surface area contributed by atoms with Gasteiger partial charge in [-0.25, -0.2) is 0 Å². The molecule has 0 aliphatic carbocycles. The van der Waals surface area contributed by atoms with Crippen LogP contribution in [0.5, 0.6) is 0 Å². The van der Waals surface area contributed by atoms with E-state index >= 15 is 0 Å². The molecule has 0 N–H and O–H groups in total. The van der Waals surface area contributed by atoms with E-state index in [-0.39, 0.29) is 6.07 Å². The van der Waals surface area contributed by atoms with Gasteiger partial charge in [0.15, 0.2) is 0 Å². The lowest BCUT2D eigenvalue weighted by Crippen LogP contribution is -2.69. The van der Waals surface area contributed by atoms with Crippen molar-refractivity contribution in [3.05, 3.63) is 54.2 Å². The number of benzene rings is 1. The van der Waals surface area contributed by atoms with Gasteiger partial charge in [-0.1, -0.05) is 30.3 Å². The standard InChI is InChI=1S/C17H8F13N/c18-12(19,10-6-2-1-5-9(10)11-7-3-4-8-31-11)13(20,21)14(22,23)15(24,25)16(26,27)17(28,29)30/h1-8H. The molecule has 2 rings (SSSR count). The van der Waals surface area contributed by atoms with Crippen molar-refractivity contribution in [2.24, 2.45) is 0 Å². The highest BCUT2D eigenvalue weighted by Crippen LogP contribution is 2.62. The fourth-order valence-electron chi connectivity index (χ4n) is 2.44. The summed E-state index contributed by atoms with van der Waals surface area (Å²) in [5.41, 5.74) is -3.55. The van der Waals surface area contributed by atoms with Crippen LogP contribution < -0.4 is 0 Å². The van der Waals surface area contributed by atoms with Gasteiger partial charge >= 0.3 is 35.8 Å². The molecule has 0 spiro atoms. The number of rotatable bonds is 6. The van der Waals surface area contributed by atoms with Crippen LogP contribution >= 0.6 is 0 Å². The zero-order chi connectivity index (χ0) is 24.1. The lowest BCUT2D eigenvalue weighted by Gasteiger charge is -2.40. The van der Waals surface area contributed by atoms with E-state index in [2.05, 4.69) is 4.98 Å². The molecule has 0 saturated heterocycles. The second kappa shape index (κ2) is 7.26. The summed E-state index contributed by atoms with van der Waals surface area (Å²) in [4.78, 5) is 3.51. The van der Waals surface area contributed by atoms with E-state index in [9.17, 15) is 57.1 Å². The van der Waals surface area contributed by atoms with Crippen molar-refractivity contribution in [2.45, 2.75) is 35.8 Å². The van der Waals surface area contributed by atoms with E-state index in [4.69, 9.17) is 0 Å². The fourth-order valence-corrected chi connectivity index (χ4v) is 2.44. The molecule has 0 radical (unpaired) electrons. The lowest BCUT2D eigenvalue weighted by atomic mass is 9.88. The summed E-state index contributed by atoms with van der Waals surface area (Å²) in [6.45, 7) is 0. The highest BCUT2D eigenvalue weighted by atomic mass is 19.4. The quantitative estimate of drug-likeness (QED) is 0.414. The van der Waals surface area contributed by atoms with Gasteiger partial charge in [0, 0.05) is 17.3 Å². The highest BCUT2D eigenvalue weighted by Gasteiger charge is 2.90. The molecule has 1 aromatic heterocycles. The maximum Gasteiger partial charge on any atom is 0.460 e. The fraction of sp³-hybridized carbons (Fsp3) is 0.353. The van der Waals surface area contributed by atoms with Gasteiger partial charge in [0.1, 0.15) is 0 Å². The molecule has 0 atom stereocenters. The molecule has 31 heavy (non-hydrogen) atoms. The second-order valence-corrected chi connectivity index (χ2v) is 6.13. The number of pyridine rings is 1. The third-order valence-electron chi connectivity index (χ3n) is 4.14. The summed E-state index contributed by atoms with van der Waals surface area (Å²) in [5.74, 6) is -37.3. The molecule has 1 heterocycles. The summed E-state index contributed by atoms with van der Waals surface area (Å²) in [6.07, 6.45) is -6.48. The van der Waals surface area contributed by atoms with Crippen LogP contribution in [0.1, 0.15) is 5.56 Å². The molecule has 0 saturated carbocycles.